The zero-order valence-corrected chi connectivity index (χ0v) is 8.15. The average Bonchev–Trinajstić information content (AvgIpc) is 2.88. The number of aliphatic hydroxyl groups is 1. The van der Waals surface area contributed by atoms with Gasteiger partial charge >= 0.3 is 0 Å². The summed E-state index contributed by atoms with van der Waals surface area (Å²) in [5, 5.41) is 9.47. The molecule has 1 saturated carbocycles. The van der Waals surface area contributed by atoms with E-state index in [1.807, 2.05) is 0 Å². The molecule has 0 bridgehead atoms. The van der Waals surface area contributed by atoms with E-state index in [2.05, 4.69) is 4.90 Å². The highest BCUT2D eigenvalue weighted by atomic mass is 16.3. The van der Waals surface area contributed by atoms with Crippen molar-refractivity contribution in [1.82, 2.24) is 4.90 Å². The van der Waals surface area contributed by atoms with Crippen molar-refractivity contribution < 1.29 is 5.11 Å². The lowest BCUT2D eigenvalue weighted by Crippen LogP contribution is -2.40. The summed E-state index contributed by atoms with van der Waals surface area (Å²) in [6, 6.07) is 0.765. The zero-order chi connectivity index (χ0) is 9.26. The van der Waals surface area contributed by atoms with Crippen molar-refractivity contribution in [3.05, 3.63) is 0 Å². The van der Waals surface area contributed by atoms with E-state index in [1.54, 1.807) is 0 Å². The highest BCUT2D eigenvalue weighted by molar-refractivity contribution is 4.92. The van der Waals surface area contributed by atoms with Gasteiger partial charge < -0.3 is 10.8 Å². The monoisotopic (exact) mass is 184 g/mol. The van der Waals surface area contributed by atoms with Crippen LogP contribution in [0, 0.1) is 5.92 Å². The lowest BCUT2D eigenvalue weighted by Gasteiger charge is -2.26. The summed E-state index contributed by atoms with van der Waals surface area (Å²) in [4.78, 5) is 2.44. The first kappa shape index (κ1) is 9.44. The van der Waals surface area contributed by atoms with Gasteiger partial charge in [0.2, 0.25) is 0 Å². The van der Waals surface area contributed by atoms with Gasteiger partial charge in [-0.2, -0.15) is 0 Å². The van der Waals surface area contributed by atoms with E-state index in [4.69, 9.17) is 5.73 Å². The maximum Gasteiger partial charge on any atom is 0.0789 e. The Kier molecular flexibility index (Phi) is 2.86. The molecule has 3 N–H and O–H groups in total. The molecule has 3 heteroatoms. The summed E-state index contributed by atoms with van der Waals surface area (Å²) in [5.41, 5.74) is 5.41. The molecule has 1 heterocycles. The van der Waals surface area contributed by atoms with Gasteiger partial charge in [-0.05, 0) is 38.1 Å². The molecule has 2 aliphatic rings. The van der Waals surface area contributed by atoms with Crippen molar-refractivity contribution >= 4 is 0 Å². The minimum atomic E-state index is -0.320. The fourth-order valence-corrected chi connectivity index (χ4v) is 2.44. The highest BCUT2D eigenvalue weighted by Gasteiger charge is 2.38. The molecular weight excluding hydrogens is 164 g/mol. The van der Waals surface area contributed by atoms with Crippen LogP contribution in [-0.4, -0.2) is 41.8 Å². The molecule has 0 amide bonds. The summed E-state index contributed by atoms with van der Waals surface area (Å²) in [7, 11) is 0. The fraction of sp³-hybridized carbons (Fsp3) is 1.00. The van der Waals surface area contributed by atoms with E-state index in [0.29, 0.717) is 6.54 Å². The molecule has 1 aliphatic heterocycles. The van der Waals surface area contributed by atoms with Crippen molar-refractivity contribution in [1.29, 1.82) is 0 Å². The van der Waals surface area contributed by atoms with Gasteiger partial charge in [0.05, 0.1) is 6.10 Å². The van der Waals surface area contributed by atoms with Gasteiger partial charge in [-0.25, -0.2) is 0 Å². The number of nitrogens with zero attached hydrogens (tertiary/aromatic N) is 1. The molecule has 3 nitrogen and oxygen atoms in total. The normalized spacial score (nSPS) is 32.3. The van der Waals surface area contributed by atoms with Crippen LogP contribution in [0.3, 0.4) is 0 Å². The second kappa shape index (κ2) is 3.95. The molecule has 0 radical (unpaired) electrons. The van der Waals surface area contributed by atoms with Crippen molar-refractivity contribution in [3.63, 3.8) is 0 Å². The number of hydrogen-bond acceptors (Lipinski definition) is 3. The summed E-state index contributed by atoms with van der Waals surface area (Å²) in [5.74, 6) is 0.937. The van der Waals surface area contributed by atoms with Gasteiger partial charge in [0, 0.05) is 19.1 Å². The Balaban J connectivity index is 1.82. The van der Waals surface area contributed by atoms with Crippen LogP contribution in [0.2, 0.25) is 0 Å². The molecule has 0 aromatic heterocycles. The minimum Gasteiger partial charge on any atom is -0.390 e. The molecule has 2 rings (SSSR count). The summed E-state index contributed by atoms with van der Waals surface area (Å²) >= 11 is 0. The quantitative estimate of drug-likeness (QED) is 0.655. The van der Waals surface area contributed by atoms with Crippen LogP contribution in [0.25, 0.3) is 0 Å². The van der Waals surface area contributed by atoms with E-state index in [0.717, 1.165) is 25.0 Å². The van der Waals surface area contributed by atoms with Crippen LogP contribution in [-0.2, 0) is 0 Å². The number of rotatable bonds is 4. The zero-order valence-electron chi connectivity index (χ0n) is 8.15. The highest BCUT2D eigenvalue weighted by Crippen LogP contribution is 2.39. The van der Waals surface area contributed by atoms with Gasteiger partial charge in [0.25, 0.3) is 0 Å². The Hall–Kier alpha value is -0.120. The molecule has 1 saturated heterocycles. The summed E-state index contributed by atoms with van der Waals surface area (Å²) in [6.07, 6.45) is 5.12. The fourth-order valence-electron chi connectivity index (χ4n) is 2.44. The molecule has 13 heavy (non-hydrogen) atoms. The first-order valence-electron chi connectivity index (χ1n) is 5.43. The van der Waals surface area contributed by atoms with Crippen molar-refractivity contribution in [2.45, 2.75) is 37.8 Å². The first-order chi connectivity index (χ1) is 6.31. The molecule has 1 aliphatic carbocycles. The van der Waals surface area contributed by atoms with Crippen LogP contribution in [0.1, 0.15) is 25.7 Å². The van der Waals surface area contributed by atoms with Gasteiger partial charge in [-0.3, -0.25) is 4.90 Å². The number of β-amino-alcohol motifs (C(OH)–C–C–N with tert-alkyl or cyclic N) is 1. The Morgan fingerprint density at radius 2 is 2.15 bits per heavy atom. The molecule has 2 atom stereocenters. The number of nitrogens with two attached hydrogens (primary N) is 1. The molecule has 0 aromatic carbocycles. The molecule has 0 aromatic rings. The van der Waals surface area contributed by atoms with Crippen LogP contribution in [0.15, 0.2) is 0 Å². The lowest BCUT2D eigenvalue weighted by molar-refractivity contribution is 0.106. The predicted octanol–water partition coefficient (Wildman–Crippen LogP) is 0.180. The smallest absolute Gasteiger partial charge is 0.0789 e. The van der Waals surface area contributed by atoms with E-state index in [9.17, 15) is 5.11 Å². The third kappa shape index (κ3) is 2.22. The lowest BCUT2D eigenvalue weighted by atomic mass is 10.1. The average molecular weight is 184 g/mol. The molecule has 2 fully saturated rings. The largest absolute Gasteiger partial charge is 0.390 e. The van der Waals surface area contributed by atoms with Crippen LogP contribution in [0.5, 0.6) is 0 Å². The van der Waals surface area contributed by atoms with Crippen LogP contribution < -0.4 is 5.73 Å². The van der Waals surface area contributed by atoms with Gasteiger partial charge in [0.15, 0.2) is 0 Å². The van der Waals surface area contributed by atoms with Crippen molar-refractivity contribution in [2.75, 3.05) is 19.6 Å². The van der Waals surface area contributed by atoms with Crippen LogP contribution >= 0.6 is 0 Å². The standard InChI is InChI=1S/C10H20N2O/c11-6-9(13)7-12-5-1-2-10(12)8-3-4-8/h8-10,13H,1-7,11H2. The maximum absolute atomic E-state index is 9.47. The van der Waals surface area contributed by atoms with E-state index in [1.165, 1.54) is 25.7 Å². The molecular formula is C10H20N2O. The van der Waals surface area contributed by atoms with Crippen molar-refractivity contribution in [3.8, 4) is 0 Å². The third-order valence-corrected chi connectivity index (χ3v) is 3.30. The topological polar surface area (TPSA) is 49.5 Å². The SMILES string of the molecule is NCC(O)CN1CCCC1C1CC1. The van der Waals surface area contributed by atoms with Gasteiger partial charge in [-0.1, -0.05) is 0 Å². The first-order valence-corrected chi connectivity index (χ1v) is 5.43. The Labute approximate surface area is 79.9 Å². The van der Waals surface area contributed by atoms with E-state index in [-0.39, 0.29) is 6.10 Å². The third-order valence-electron chi connectivity index (χ3n) is 3.30. The van der Waals surface area contributed by atoms with E-state index < -0.39 is 0 Å². The number of hydrogen-bond donors (Lipinski definition) is 2. The molecule has 0 spiro atoms. The second-order valence-electron chi connectivity index (χ2n) is 4.43. The number of likely N-dealkylation sites (tertiary alicyclic amines) is 1. The Morgan fingerprint density at radius 3 is 2.77 bits per heavy atom. The van der Waals surface area contributed by atoms with Gasteiger partial charge in [-0.15, -0.1) is 0 Å². The maximum atomic E-state index is 9.47. The molecule has 76 valence electrons. The number of aliphatic hydroxyl groups excluding tert-OH is 1. The summed E-state index contributed by atoms with van der Waals surface area (Å²) < 4.78 is 0. The Morgan fingerprint density at radius 1 is 1.38 bits per heavy atom. The second-order valence-corrected chi connectivity index (χ2v) is 4.43. The van der Waals surface area contributed by atoms with Gasteiger partial charge in [0.1, 0.15) is 0 Å². The predicted molar refractivity (Wildman–Crippen MR) is 52.4 cm³/mol. The minimum absolute atomic E-state index is 0.320. The summed E-state index contributed by atoms with van der Waals surface area (Å²) in [6.45, 7) is 2.35. The molecule has 2 unspecified atom stereocenters. The van der Waals surface area contributed by atoms with Crippen molar-refractivity contribution in [2.24, 2.45) is 11.7 Å². The van der Waals surface area contributed by atoms with Crippen LogP contribution in [0.4, 0.5) is 0 Å². The Bertz CT molecular complexity index is 170. The van der Waals surface area contributed by atoms with E-state index >= 15 is 0 Å².